The standard InChI is InChI=1S/C20H25N3O.2ClH/c1-14(23-20(24)19-4-2-3-18(19)13-21)15-5-7-16(8-6-15)17-9-11-22-12-10-17;;/h5-12,14,18-19H,2-4,13,21H2,1H3,(H,23,24);2*1H/t14?,18-,19-;;/m1../s1. The number of pyridine rings is 1. The Kier molecular flexibility index (Phi) is 9.06. The van der Waals surface area contributed by atoms with Gasteiger partial charge in [-0.3, -0.25) is 9.78 Å². The van der Waals surface area contributed by atoms with E-state index in [1.165, 1.54) is 0 Å². The third-order valence-electron chi connectivity index (χ3n) is 5.08. The molecular weight excluding hydrogens is 369 g/mol. The van der Waals surface area contributed by atoms with Crippen LogP contribution in [0.15, 0.2) is 48.8 Å². The molecule has 2 aromatic rings. The molecule has 0 saturated heterocycles. The Bertz CT molecular complexity index is 679. The summed E-state index contributed by atoms with van der Waals surface area (Å²) in [6.07, 6.45) is 6.73. The Hall–Kier alpha value is -1.62. The van der Waals surface area contributed by atoms with Gasteiger partial charge in [-0.25, -0.2) is 0 Å². The van der Waals surface area contributed by atoms with Crippen LogP contribution in [-0.2, 0) is 4.79 Å². The van der Waals surface area contributed by atoms with Crippen LogP contribution in [0.25, 0.3) is 11.1 Å². The Morgan fingerprint density at radius 3 is 2.35 bits per heavy atom. The van der Waals surface area contributed by atoms with Gasteiger partial charge >= 0.3 is 0 Å². The van der Waals surface area contributed by atoms with E-state index in [1.54, 1.807) is 12.4 Å². The molecule has 142 valence electrons. The van der Waals surface area contributed by atoms with Crippen LogP contribution in [0, 0.1) is 11.8 Å². The van der Waals surface area contributed by atoms with Crippen molar-refractivity contribution in [2.45, 2.75) is 32.2 Å². The van der Waals surface area contributed by atoms with Crippen molar-refractivity contribution in [2.75, 3.05) is 6.54 Å². The predicted octanol–water partition coefficient (Wildman–Crippen LogP) is 4.14. The fourth-order valence-corrected chi connectivity index (χ4v) is 3.58. The molecule has 3 rings (SSSR count). The normalized spacial score (nSPS) is 19.8. The average Bonchev–Trinajstić information content (AvgIpc) is 3.11. The molecule has 0 radical (unpaired) electrons. The summed E-state index contributed by atoms with van der Waals surface area (Å²) in [4.78, 5) is 16.6. The quantitative estimate of drug-likeness (QED) is 0.798. The van der Waals surface area contributed by atoms with E-state index in [9.17, 15) is 4.79 Å². The van der Waals surface area contributed by atoms with Gasteiger partial charge < -0.3 is 11.1 Å². The third-order valence-corrected chi connectivity index (χ3v) is 5.08. The number of nitrogens with two attached hydrogens (primary N) is 1. The molecule has 1 aromatic heterocycles. The van der Waals surface area contributed by atoms with Crippen molar-refractivity contribution in [1.82, 2.24) is 10.3 Å². The summed E-state index contributed by atoms with van der Waals surface area (Å²) >= 11 is 0. The highest BCUT2D eigenvalue weighted by Crippen LogP contribution is 2.31. The number of nitrogens with zero attached hydrogens (tertiary/aromatic N) is 1. The molecule has 4 nitrogen and oxygen atoms in total. The topological polar surface area (TPSA) is 68.0 Å². The summed E-state index contributed by atoms with van der Waals surface area (Å²) in [6.45, 7) is 2.64. The van der Waals surface area contributed by atoms with E-state index in [4.69, 9.17) is 5.73 Å². The molecule has 26 heavy (non-hydrogen) atoms. The highest BCUT2D eigenvalue weighted by molar-refractivity contribution is 5.85. The minimum atomic E-state index is 0. The van der Waals surface area contributed by atoms with Crippen LogP contribution in [0.4, 0.5) is 0 Å². The first-order valence-corrected chi connectivity index (χ1v) is 8.70. The van der Waals surface area contributed by atoms with E-state index in [-0.39, 0.29) is 42.7 Å². The minimum Gasteiger partial charge on any atom is -0.349 e. The van der Waals surface area contributed by atoms with Crippen LogP contribution in [-0.4, -0.2) is 17.4 Å². The van der Waals surface area contributed by atoms with Crippen LogP contribution in [0.5, 0.6) is 0 Å². The van der Waals surface area contributed by atoms with Crippen molar-refractivity contribution in [3.05, 3.63) is 54.4 Å². The van der Waals surface area contributed by atoms with Gasteiger partial charge in [0, 0.05) is 18.3 Å². The summed E-state index contributed by atoms with van der Waals surface area (Å²) < 4.78 is 0. The molecule has 0 aliphatic heterocycles. The second kappa shape index (κ2) is 10.5. The van der Waals surface area contributed by atoms with Crippen molar-refractivity contribution in [1.29, 1.82) is 0 Å². The van der Waals surface area contributed by atoms with Crippen molar-refractivity contribution >= 4 is 30.7 Å². The van der Waals surface area contributed by atoms with Gasteiger partial charge in [0.1, 0.15) is 0 Å². The zero-order chi connectivity index (χ0) is 16.9. The minimum absolute atomic E-state index is 0. The molecule has 1 heterocycles. The summed E-state index contributed by atoms with van der Waals surface area (Å²) in [5, 5.41) is 3.16. The smallest absolute Gasteiger partial charge is 0.223 e. The van der Waals surface area contributed by atoms with Crippen LogP contribution >= 0.6 is 24.8 Å². The maximum atomic E-state index is 12.5. The summed E-state index contributed by atoms with van der Waals surface area (Å²) in [6, 6.07) is 12.3. The Balaban J connectivity index is 0.00000169. The molecule has 1 aliphatic carbocycles. The van der Waals surface area contributed by atoms with E-state index in [2.05, 4.69) is 34.6 Å². The Morgan fingerprint density at radius 2 is 1.73 bits per heavy atom. The molecule has 0 spiro atoms. The van der Waals surface area contributed by atoms with Crippen LogP contribution in [0.2, 0.25) is 0 Å². The lowest BCUT2D eigenvalue weighted by atomic mass is 9.94. The molecule has 1 aliphatic rings. The Labute approximate surface area is 167 Å². The zero-order valence-electron chi connectivity index (χ0n) is 14.9. The first-order valence-electron chi connectivity index (χ1n) is 8.70. The second-order valence-corrected chi connectivity index (χ2v) is 6.62. The second-order valence-electron chi connectivity index (χ2n) is 6.62. The van der Waals surface area contributed by atoms with E-state index >= 15 is 0 Å². The van der Waals surface area contributed by atoms with Gasteiger partial charge in [-0.2, -0.15) is 0 Å². The molecule has 1 fully saturated rings. The van der Waals surface area contributed by atoms with Gasteiger partial charge in [0.25, 0.3) is 0 Å². The highest BCUT2D eigenvalue weighted by Gasteiger charge is 2.32. The highest BCUT2D eigenvalue weighted by atomic mass is 35.5. The first-order chi connectivity index (χ1) is 11.7. The number of amides is 1. The van der Waals surface area contributed by atoms with Crippen molar-refractivity contribution in [3.8, 4) is 11.1 Å². The molecule has 1 unspecified atom stereocenters. The number of hydrogen-bond donors (Lipinski definition) is 2. The van der Waals surface area contributed by atoms with Gasteiger partial charge in [0.2, 0.25) is 5.91 Å². The average molecular weight is 396 g/mol. The monoisotopic (exact) mass is 395 g/mol. The van der Waals surface area contributed by atoms with Gasteiger partial charge in [0.05, 0.1) is 6.04 Å². The fraction of sp³-hybridized carbons (Fsp3) is 0.400. The van der Waals surface area contributed by atoms with Crippen molar-refractivity contribution in [3.63, 3.8) is 0 Å². The zero-order valence-corrected chi connectivity index (χ0v) is 16.6. The molecule has 1 amide bonds. The lowest BCUT2D eigenvalue weighted by Gasteiger charge is -2.21. The molecule has 6 heteroatoms. The molecule has 3 N–H and O–H groups in total. The number of aromatic nitrogens is 1. The molecule has 0 bridgehead atoms. The SMILES string of the molecule is CC(NC(=O)[C@@H]1CCC[C@@H]1CN)c1ccc(-c2ccncc2)cc1.Cl.Cl. The van der Waals surface area contributed by atoms with E-state index in [0.717, 1.165) is 36.0 Å². The van der Waals surface area contributed by atoms with E-state index in [1.807, 2.05) is 19.1 Å². The Morgan fingerprint density at radius 1 is 1.12 bits per heavy atom. The van der Waals surface area contributed by atoms with Gasteiger partial charge in [-0.1, -0.05) is 30.7 Å². The first kappa shape index (κ1) is 22.4. The maximum absolute atomic E-state index is 12.5. The molecule has 1 saturated carbocycles. The van der Waals surface area contributed by atoms with Crippen LogP contribution in [0.3, 0.4) is 0 Å². The number of nitrogens with one attached hydrogen (secondary N) is 1. The molecular formula is C20H27Cl2N3O. The lowest BCUT2D eigenvalue weighted by molar-refractivity contribution is -0.126. The summed E-state index contributed by atoms with van der Waals surface area (Å²) in [7, 11) is 0. The predicted molar refractivity (Wildman–Crippen MR) is 111 cm³/mol. The fourth-order valence-electron chi connectivity index (χ4n) is 3.58. The number of hydrogen-bond acceptors (Lipinski definition) is 3. The van der Waals surface area contributed by atoms with Gasteiger partial charge in [-0.05, 0) is 61.1 Å². The number of halogens is 2. The largest absolute Gasteiger partial charge is 0.349 e. The molecule has 1 aromatic carbocycles. The van der Waals surface area contributed by atoms with Crippen LogP contribution in [0.1, 0.15) is 37.8 Å². The van der Waals surface area contributed by atoms with Crippen molar-refractivity contribution < 1.29 is 4.79 Å². The number of rotatable bonds is 5. The summed E-state index contributed by atoms with van der Waals surface area (Å²) in [5.41, 5.74) is 9.20. The summed E-state index contributed by atoms with van der Waals surface area (Å²) in [5.74, 6) is 0.563. The van der Waals surface area contributed by atoms with E-state index in [0.29, 0.717) is 12.5 Å². The third kappa shape index (κ3) is 5.19. The van der Waals surface area contributed by atoms with E-state index < -0.39 is 0 Å². The number of benzene rings is 1. The maximum Gasteiger partial charge on any atom is 0.223 e. The van der Waals surface area contributed by atoms with Crippen LogP contribution < -0.4 is 11.1 Å². The lowest BCUT2D eigenvalue weighted by Crippen LogP contribution is -2.36. The number of carbonyl (C=O) groups is 1. The van der Waals surface area contributed by atoms with Gasteiger partial charge in [-0.15, -0.1) is 24.8 Å². The number of carbonyl (C=O) groups excluding carboxylic acids is 1. The molecule has 3 atom stereocenters. The van der Waals surface area contributed by atoms with Gasteiger partial charge in [0.15, 0.2) is 0 Å². The van der Waals surface area contributed by atoms with Crippen molar-refractivity contribution in [2.24, 2.45) is 17.6 Å².